The van der Waals surface area contributed by atoms with E-state index in [1.165, 1.54) is 0 Å². The van der Waals surface area contributed by atoms with Crippen molar-refractivity contribution in [2.24, 2.45) is 0 Å². The number of aryl methyl sites for hydroxylation is 1. The van der Waals surface area contributed by atoms with E-state index in [4.69, 9.17) is 0 Å². The quantitative estimate of drug-likeness (QED) is 0.715. The van der Waals surface area contributed by atoms with E-state index in [1.807, 2.05) is 26.0 Å². The Bertz CT molecular complexity index is 453. The van der Waals surface area contributed by atoms with Gasteiger partial charge in [-0.05, 0) is 18.6 Å². The lowest BCUT2D eigenvalue weighted by Crippen LogP contribution is -2.14. The molecule has 74 valence electrons. The smallest absolute Gasteiger partial charge is 0.257 e. The third-order valence-corrected chi connectivity index (χ3v) is 5.34. The van der Waals surface area contributed by atoms with E-state index in [9.17, 15) is 9.36 Å². The number of benzene rings is 1. The van der Waals surface area contributed by atoms with Gasteiger partial charge in [0.2, 0.25) is 7.29 Å². The number of hydrogen-bond donors (Lipinski definition) is 1. The van der Waals surface area contributed by atoms with Crippen molar-refractivity contribution in [1.82, 2.24) is 5.09 Å². The summed E-state index contributed by atoms with van der Waals surface area (Å²) in [5.41, 5.74) is 1.52. The predicted octanol–water partition coefficient (Wildman–Crippen LogP) is 1.66. The van der Waals surface area contributed by atoms with E-state index in [2.05, 4.69) is 5.09 Å². The van der Waals surface area contributed by atoms with E-state index in [-0.39, 0.29) is 5.91 Å². The maximum absolute atomic E-state index is 12.3. The molecule has 1 heterocycles. The average Bonchev–Trinajstić information content (AvgIpc) is 2.42. The Hall–Kier alpha value is -1.08. The highest BCUT2D eigenvalue weighted by Crippen LogP contribution is 2.45. The first-order chi connectivity index (χ1) is 6.58. The highest BCUT2D eigenvalue weighted by atomic mass is 31.2. The van der Waals surface area contributed by atoms with Gasteiger partial charge >= 0.3 is 0 Å². The van der Waals surface area contributed by atoms with Crippen molar-refractivity contribution in [3.63, 3.8) is 0 Å². The maximum atomic E-state index is 12.3. The molecule has 1 N–H and O–H groups in total. The molecule has 0 aromatic heterocycles. The van der Waals surface area contributed by atoms with E-state index < -0.39 is 7.29 Å². The summed E-state index contributed by atoms with van der Waals surface area (Å²) in [6.07, 6.45) is 0.483. The number of carbonyl (C=O) groups is 1. The van der Waals surface area contributed by atoms with Crippen molar-refractivity contribution >= 4 is 18.5 Å². The standard InChI is InChI=1S/C10H12NO2P/c1-3-14(13)9-7(2)5-4-6-8(9)10(12)11-14/h4-6H,3H2,1-2H3,(H,11,12,13). The van der Waals surface area contributed by atoms with Crippen LogP contribution in [0.1, 0.15) is 22.8 Å². The van der Waals surface area contributed by atoms with Crippen LogP contribution in [0.4, 0.5) is 0 Å². The number of carbonyl (C=O) groups excluding carboxylic acids is 1. The van der Waals surface area contributed by atoms with E-state index in [1.54, 1.807) is 6.07 Å². The zero-order valence-corrected chi connectivity index (χ0v) is 9.10. The normalized spacial score (nSPS) is 24.6. The molecule has 0 aliphatic carbocycles. The molecule has 0 saturated heterocycles. The SMILES string of the molecule is CCP1(=O)NC(=O)c2cccc(C)c21. The van der Waals surface area contributed by atoms with E-state index in [0.29, 0.717) is 11.7 Å². The Kier molecular flexibility index (Phi) is 2.00. The van der Waals surface area contributed by atoms with E-state index in [0.717, 1.165) is 10.9 Å². The van der Waals surface area contributed by atoms with Gasteiger partial charge in [-0.3, -0.25) is 14.4 Å². The number of rotatable bonds is 1. The van der Waals surface area contributed by atoms with Crippen LogP contribution in [0.2, 0.25) is 0 Å². The van der Waals surface area contributed by atoms with Crippen LogP contribution in [0, 0.1) is 6.92 Å². The minimum absolute atomic E-state index is 0.200. The largest absolute Gasteiger partial charge is 0.299 e. The van der Waals surface area contributed by atoms with Crippen molar-refractivity contribution in [3.8, 4) is 0 Å². The molecular weight excluding hydrogens is 197 g/mol. The topological polar surface area (TPSA) is 46.2 Å². The van der Waals surface area contributed by atoms with Crippen LogP contribution in [0.15, 0.2) is 18.2 Å². The highest BCUT2D eigenvalue weighted by Gasteiger charge is 2.37. The van der Waals surface area contributed by atoms with Crippen molar-refractivity contribution in [1.29, 1.82) is 0 Å². The first-order valence-electron chi connectivity index (χ1n) is 4.60. The summed E-state index contributed by atoms with van der Waals surface area (Å²) in [5.74, 6) is -0.200. The van der Waals surface area contributed by atoms with Crippen LogP contribution in [0.3, 0.4) is 0 Å². The summed E-state index contributed by atoms with van der Waals surface area (Å²) in [5, 5.41) is 3.33. The van der Waals surface area contributed by atoms with Gasteiger partial charge in [-0.1, -0.05) is 19.1 Å². The van der Waals surface area contributed by atoms with Crippen molar-refractivity contribution in [2.75, 3.05) is 6.16 Å². The molecule has 14 heavy (non-hydrogen) atoms. The van der Waals surface area contributed by atoms with Gasteiger partial charge in [0.1, 0.15) is 0 Å². The Balaban J connectivity index is 2.75. The summed E-state index contributed by atoms with van der Waals surface area (Å²) < 4.78 is 12.3. The molecule has 0 radical (unpaired) electrons. The zero-order valence-electron chi connectivity index (χ0n) is 8.20. The van der Waals surface area contributed by atoms with Crippen LogP contribution in [-0.2, 0) is 4.57 Å². The summed E-state index contributed by atoms with van der Waals surface area (Å²) in [7, 11) is -2.63. The Morgan fingerprint density at radius 3 is 2.79 bits per heavy atom. The Morgan fingerprint density at radius 2 is 2.14 bits per heavy atom. The first kappa shape index (κ1) is 9.47. The molecule has 0 fully saturated rings. The van der Waals surface area contributed by atoms with Crippen molar-refractivity contribution in [2.45, 2.75) is 13.8 Å². The summed E-state index contributed by atoms with van der Waals surface area (Å²) >= 11 is 0. The van der Waals surface area contributed by atoms with Crippen molar-refractivity contribution in [3.05, 3.63) is 29.3 Å². The lowest BCUT2D eigenvalue weighted by Gasteiger charge is -2.11. The lowest BCUT2D eigenvalue weighted by atomic mass is 10.1. The van der Waals surface area contributed by atoms with Gasteiger partial charge in [0.15, 0.2) is 0 Å². The van der Waals surface area contributed by atoms with Gasteiger partial charge in [-0.15, -0.1) is 0 Å². The second kappa shape index (κ2) is 2.96. The molecule has 0 saturated carbocycles. The fraction of sp³-hybridized carbons (Fsp3) is 0.300. The third kappa shape index (κ3) is 1.12. The number of amides is 1. The molecule has 0 bridgehead atoms. The molecule has 1 atom stereocenters. The molecule has 1 unspecified atom stereocenters. The summed E-state index contributed by atoms with van der Waals surface area (Å²) in [4.78, 5) is 11.5. The highest BCUT2D eigenvalue weighted by molar-refractivity contribution is 7.71. The lowest BCUT2D eigenvalue weighted by molar-refractivity contribution is 0.0986. The minimum atomic E-state index is -2.63. The van der Waals surface area contributed by atoms with Crippen LogP contribution < -0.4 is 10.4 Å². The van der Waals surface area contributed by atoms with Gasteiger partial charge in [0.25, 0.3) is 5.91 Å². The van der Waals surface area contributed by atoms with Crippen LogP contribution in [0.25, 0.3) is 0 Å². The molecule has 3 nitrogen and oxygen atoms in total. The molecule has 1 aliphatic heterocycles. The monoisotopic (exact) mass is 209 g/mol. The molecule has 1 aromatic rings. The number of nitrogens with one attached hydrogen (secondary N) is 1. The average molecular weight is 209 g/mol. The van der Waals surface area contributed by atoms with Crippen LogP contribution >= 0.6 is 7.29 Å². The van der Waals surface area contributed by atoms with Gasteiger partial charge in [-0.2, -0.15) is 0 Å². The fourth-order valence-electron chi connectivity index (χ4n) is 1.84. The summed E-state index contributed by atoms with van der Waals surface area (Å²) in [6.45, 7) is 3.73. The molecule has 1 amide bonds. The Labute approximate surface area is 82.9 Å². The molecular formula is C10H12NO2P. The number of hydrogen-bond acceptors (Lipinski definition) is 2. The predicted molar refractivity (Wildman–Crippen MR) is 56.4 cm³/mol. The third-order valence-electron chi connectivity index (χ3n) is 2.57. The number of fused-ring (bicyclic) bond motifs is 1. The van der Waals surface area contributed by atoms with Gasteiger partial charge in [0, 0.05) is 11.5 Å². The van der Waals surface area contributed by atoms with Crippen LogP contribution in [-0.4, -0.2) is 12.1 Å². The van der Waals surface area contributed by atoms with Gasteiger partial charge in [-0.25, -0.2) is 0 Å². The summed E-state index contributed by atoms with van der Waals surface area (Å²) in [6, 6.07) is 5.44. The first-order valence-corrected chi connectivity index (χ1v) is 6.49. The molecule has 0 spiro atoms. The van der Waals surface area contributed by atoms with Gasteiger partial charge in [0.05, 0.1) is 5.56 Å². The van der Waals surface area contributed by atoms with Gasteiger partial charge < -0.3 is 0 Å². The maximum Gasteiger partial charge on any atom is 0.257 e. The minimum Gasteiger partial charge on any atom is -0.299 e. The molecule has 1 aliphatic rings. The zero-order chi connectivity index (χ0) is 10.3. The Morgan fingerprint density at radius 1 is 1.43 bits per heavy atom. The molecule has 4 heteroatoms. The second-order valence-electron chi connectivity index (χ2n) is 3.47. The fourth-order valence-corrected chi connectivity index (χ4v) is 4.08. The second-order valence-corrected chi connectivity index (χ2v) is 6.25. The van der Waals surface area contributed by atoms with Crippen molar-refractivity contribution < 1.29 is 9.36 Å². The molecule has 2 rings (SSSR count). The van der Waals surface area contributed by atoms with Crippen LogP contribution in [0.5, 0.6) is 0 Å². The molecule has 1 aromatic carbocycles. The van der Waals surface area contributed by atoms with E-state index >= 15 is 0 Å².